The van der Waals surface area contributed by atoms with Gasteiger partial charge in [-0.15, -0.1) is 24.0 Å². The third-order valence-electron chi connectivity index (χ3n) is 3.38. The predicted octanol–water partition coefficient (Wildman–Crippen LogP) is 2.85. The molecule has 2 aromatic carbocycles. The van der Waals surface area contributed by atoms with Crippen LogP contribution in [0.3, 0.4) is 0 Å². The Balaban J connectivity index is 0.00000133. The van der Waals surface area contributed by atoms with Gasteiger partial charge in [-0.25, -0.2) is 0 Å². The molecule has 1 N–H and O–H groups in total. The van der Waals surface area contributed by atoms with Crippen LogP contribution in [0.25, 0.3) is 10.8 Å². The number of likely N-dealkylation sites (N-methyl/N-ethyl adjacent to an activating group) is 1. The molecule has 0 amide bonds. The molecule has 0 aromatic heterocycles. The summed E-state index contributed by atoms with van der Waals surface area (Å²) in [6.07, 6.45) is 0. The van der Waals surface area contributed by atoms with Gasteiger partial charge in [0.25, 0.3) is 0 Å². The van der Waals surface area contributed by atoms with Crippen molar-refractivity contribution in [2.24, 2.45) is 4.99 Å². The summed E-state index contributed by atoms with van der Waals surface area (Å²) < 4.78 is 0. The number of guanidine groups is 1. The highest BCUT2D eigenvalue weighted by Crippen LogP contribution is 2.18. The lowest BCUT2D eigenvalue weighted by molar-refractivity contribution is 0.534. The van der Waals surface area contributed by atoms with E-state index in [1.54, 1.807) is 0 Å². The number of fused-ring (bicyclic) bond motifs is 1. The Bertz CT molecular complexity index is 589. The first-order chi connectivity index (χ1) is 8.84. The Morgan fingerprint density at radius 1 is 1.16 bits per heavy atom. The van der Waals surface area contributed by atoms with Gasteiger partial charge in [0.2, 0.25) is 0 Å². The van der Waals surface area contributed by atoms with Gasteiger partial charge in [-0.05, 0) is 16.3 Å². The molecular formula is C15H18IN3. The van der Waals surface area contributed by atoms with Crippen LogP contribution in [0.4, 0.5) is 0 Å². The van der Waals surface area contributed by atoms with Crippen molar-refractivity contribution in [1.82, 2.24) is 10.2 Å². The van der Waals surface area contributed by atoms with Crippen molar-refractivity contribution in [3.8, 4) is 0 Å². The smallest absolute Gasteiger partial charge is 0.194 e. The molecule has 0 spiro atoms. The summed E-state index contributed by atoms with van der Waals surface area (Å²) in [5.74, 6) is 1.00. The number of nitrogens with one attached hydrogen (secondary N) is 1. The van der Waals surface area contributed by atoms with Crippen molar-refractivity contribution in [2.75, 3.05) is 20.1 Å². The van der Waals surface area contributed by atoms with Crippen molar-refractivity contribution in [3.63, 3.8) is 0 Å². The predicted molar refractivity (Wildman–Crippen MR) is 91.1 cm³/mol. The number of nitrogens with zero attached hydrogens (tertiary/aromatic N) is 2. The van der Waals surface area contributed by atoms with Crippen molar-refractivity contribution in [2.45, 2.75) is 6.54 Å². The Morgan fingerprint density at radius 2 is 1.95 bits per heavy atom. The van der Waals surface area contributed by atoms with E-state index >= 15 is 0 Å². The van der Waals surface area contributed by atoms with E-state index in [0.717, 1.165) is 25.6 Å². The molecule has 0 saturated heterocycles. The van der Waals surface area contributed by atoms with Gasteiger partial charge in [-0.2, -0.15) is 0 Å². The molecule has 0 unspecified atom stereocenters. The van der Waals surface area contributed by atoms with Gasteiger partial charge >= 0.3 is 0 Å². The lowest BCUT2D eigenvalue weighted by atomic mass is 10.0. The summed E-state index contributed by atoms with van der Waals surface area (Å²) in [5.41, 5.74) is 1.32. The molecule has 0 atom stereocenters. The maximum atomic E-state index is 4.44. The average Bonchev–Trinajstić information content (AvgIpc) is 2.82. The van der Waals surface area contributed by atoms with E-state index in [-0.39, 0.29) is 24.0 Å². The maximum Gasteiger partial charge on any atom is 0.194 e. The van der Waals surface area contributed by atoms with E-state index in [9.17, 15) is 0 Å². The van der Waals surface area contributed by atoms with Crippen LogP contribution in [-0.2, 0) is 6.54 Å². The van der Waals surface area contributed by atoms with Crippen LogP contribution in [0, 0.1) is 0 Å². The molecule has 1 aliphatic heterocycles. The van der Waals surface area contributed by atoms with Crippen LogP contribution >= 0.6 is 24.0 Å². The number of hydrogen-bond donors (Lipinski definition) is 1. The fourth-order valence-corrected chi connectivity index (χ4v) is 2.34. The minimum atomic E-state index is 0. The highest BCUT2D eigenvalue weighted by atomic mass is 127. The van der Waals surface area contributed by atoms with E-state index in [4.69, 9.17) is 0 Å². The standard InChI is InChI=1S/C15H17N3.HI/c1-18-10-9-16-15(18)17-11-13-7-4-6-12-5-2-3-8-14(12)13;/h2-8H,9-11H2,1H3,(H,16,17);1H. The summed E-state index contributed by atoms with van der Waals surface area (Å²) in [5, 5.41) is 6.02. The van der Waals surface area contributed by atoms with Crippen LogP contribution in [0.15, 0.2) is 47.5 Å². The third kappa shape index (κ3) is 3.00. The summed E-state index contributed by atoms with van der Waals surface area (Å²) in [6, 6.07) is 14.9. The second-order valence-electron chi connectivity index (χ2n) is 4.62. The zero-order valence-corrected chi connectivity index (χ0v) is 13.3. The second-order valence-corrected chi connectivity index (χ2v) is 4.62. The molecule has 2 aromatic rings. The fourth-order valence-electron chi connectivity index (χ4n) is 2.34. The lowest BCUT2D eigenvalue weighted by Crippen LogP contribution is -2.35. The molecular weight excluding hydrogens is 349 g/mol. The molecule has 19 heavy (non-hydrogen) atoms. The molecule has 3 rings (SSSR count). The zero-order valence-electron chi connectivity index (χ0n) is 11.0. The highest BCUT2D eigenvalue weighted by molar-refractivity contribution is 14.0. The van der Waals surface area contributed by atoms with Gasteiger partial charge in [0, 0.05) is 20.1 Å². The van der Waals surface area contributed by atoms with Gasteiger partial charge in [0.15, 0.2) is 5.96 Å². The van der Waals surface area contributed by atoms with Crippen molar-refractivity contribution < 1.29 is 0 Å². The van der Waals surface area contributed by atoms with Crippen LogP contribution in [0.2, 0.25) is 0 Å². The van der Waals surface area contributed by atoms with Gasteiger partial charge in [0.05, 0.1) is 6.54 Å². The molecule has 100 valence electrons. The molecule has 0 aliphatic carbocycles. The summed E-state index contributed by atoms with van der Waals surface area (Å²) in [4.78, 5) is 6.60. The Hall–Kier alpha value is -1.30. The maximum absolute atomic E-state index is 4.44. The van der Waals surface area contributed by atoms with Crippen molar-refractivity contribution in [3.05, 3.63) is 48.0 Å². The fraction of sp³-hybridized carbons (Fsp3) is 0.267. The number of benzene rings is 2. The zero-order chi connectivity index (χ0) is 12.4. The van der Waals surface area contributed by atoms with E-state index in [1.165, 1.54) is 16.3 Å². The monoisotopic (exact) mass is 367 g/mol. The van der Waals surface area contributed by atoms with Gasteiger partial charge in [0.1, 0.15) is 0 Å². The van der Waals surface area contributed by atoms with E-state index in [1.807, 2.05) is 0 Å². The van der Waals surface area contributed by atoms with E-state index in [2.05, 4.69) is 64.7 Å². The normalized spacial score (nSPS) is 14.2. The third-order valence-corrected chi connectivity index (χ3v) is 3.38. The molecule has 0 saturated carbocycles. The molecule has 0 bridgehead atoms. The van der Waals surface area contributed by atoms with Gasteiger partial charge in [-0.3, -0.25) is 4.99 Å². The molecule has 0 fully saturated rings. The summed E-state index contributed by atoms with van der Waals surface area (Å²) >= 11 is 0. The number of rotatable bonds is 2. The number of hydrogen-bond acceptors (Lipinski definition) is 3. The van der Waals surface area contributed by atoms with Gasteiger partial charge < -0.3 is 10.2 Å². The van der Waals surface area contributed by atoms with Crippen molar-refractivity contribution >= 4 is 40.7 Å². The first kappa shape index (κ1) is 14.1. The minimum Gasteiger partial charge on any atom is -0.352 e. The molecule has 4 heteroatoms. The first-order valence-electron chi connectivity index (χ1n) is 6.31. The molecule has 1 heterocycles. The quantitative estimate of drug-likeness (QED) is 0.827. The second kappa shape index (κ2) is 6.23. The number of halogens is 1. The Morgan fingerprint density at radius 3 is 2.74 bits per heavy atom. The number of aliphatic imine (C=N–C) groups is 1. The minimum absolute atomic E-state index is 0. The Labute approximate surface area is 130 Å². The van der Waals surface area contributed by atoms with Crippen LogP contribution in [0.5, 0.6) is 0 Å². The van der Waals surface area contributed by atoms with Crippen LogP contribution < -0.4 is 5.32 Å². The summed E-state index contributed by atoms with van der Waals surface area (Å²) in [7, 11) is 2.07. The first-order valence-corrected chi connectivity index (χ1v) is 6.31. The molecule has 1 aliphatic rings. The largest absolute Gasteiger partial charge is 0.352 e. The van der Waals surface area contributed by atoms with Crippen LogP contribution in [-0.4, -0.2) is 31.0 Å². The SMILES string of the molecule is CN1CCN=C1NCc1cccc2ccccc12.I. The molecule has 3 nitrogen and oxygen atoms in total. The van der Waals surface area contributed by atoms with E-state index < -0.39 is 0 Å². The van der Waals surface area contributed by atoms with Crippen LogP contribution in [0.1, 0.15) is 5.56 Å². The summed E-state index contributed by atoms with van der Waals surface area (Å²) in [6.45, 7) is 2.73. The van der Waals surface area contributed by atoms with E-state index in [0.29, 0.717) is 0 Å². The molecule has 0 radical (unpaired) electrons. The average molecular weight is 367 g/mol. The lowest BCUT2D eigenvalue weighted by Gasteiger charge is -2.16. The highest BCUT2D eigenvalue weighted by Gasteiger charge is 2.11. The van der Waals surface area contributed by atoms with Crippen molar-refractivity contribution in [1.29, 1.82) is 0 Å². The topological polar surface area (TPSA) is 27.6 Å². The Kier molecular flexibility index (Phi) is 4.63. The van der Waals surface area contributed by atoms with Gasteiger partial charge in [-0.1, -0.05) is 42.5 Å².